The van der Waals surface area contributed by atoms with Crippen molar-refractivity contribution in [3.05, 3.63) is 42.5 Å². The van der Waals surface area contributed by atoms with Crippen molar-refractivity contribution in [2.75, 3.05) is 31.7 Å². The van der Waals surface area contributed by atoms with Crippen LogP contribution in [-0.2, 0) is 4.79 Å². The van der Waals surface area contributed by atoms with E-state index in [1.54, 1.807) is 37.6 Å². The van der Waals surface area contributed by atoms with Crippen LogP contribution in [0.4, 0.5) is 0 Å². The molecular formula is C19H26N6O3. The summed E-state index contributed by atoms with van der Waals surface area (Å²) in [6, 6.07) is 5.41. The maximum atomic E-state index is 12.6. The predicted octanol–water partition coefficient (Wildman–Crippen LogP) is 0.646. The van der Waals surface area contributed by atoms with E-state index in [1.165, 1.54) is 0 Å². The average molecular weight is 386 g/mol. The lowest BCUT2D eigenvalue weighted by atomic mass is 9.90. The fraction of sp³-hybridized carbons (Fsp3) is 0.526. The van der Waals surface area contributed by atoms with Crippen LogP contribution in [0.3, 0.4) is 0 Å². The Labute approximate surface area is 163 Å². The number of nitrogens with zero attached hydrogens (tertiary/aromatic N) is 5. The summed E-state index contributed by atoms with van der Waals surface area (Å²) in [5.41, 5.74) is 2.72. The largest absolute Gasteiger partial charge is 0.388 e. The highest BCUT2D eigenvalue weighted by atomic mass is 16.3. The van der Waals surface area contributed by atoms with Crippen molar-refractivity contribution in [1.29, 1.82) is 0 Å². The number of amides is 2. The van der Waals surface area contributed by atoms with Gasteiger partial charge in [-0.15, -0.1) is 0 Å². The number of fused-ring (bicyclic) bond motifs is 1. The van der Waals surface area contributed by atoms with Crippen LogP contribution in [0.5, 0.6) is 0 Å². The topological polar surface area (TPSA) is 95.6 Å². The van der Waals surface area contributed by atoms with E-state index in [0.29, 0.717) is 44.7 Å². The van der Waals surface area contributed by atoms with Gasteiger partial charge in [0.2, 0.25) is 5.91 Å². The number of carbonyl (C=O) groups excluding carboxylic acids is 2. The Kier molecular flexibility index (Phi) is 4.84. The van der Waals surface area contributed by atoms with E-state index in [4.69, 9.17) is 0 Å². The Morgan fingerprint density at radius 3 is 2.82 bits per heavy atom. The molecule has 0 bridgehead atoms. The van der Waals surface area contributed by atoms with Crippen molar-refractivity contribution >= 4 is 11.8 Å². The van der Waals surface area contributed by atoms with Crippen molar-refractivity contribution in [3.8, 4) is 0 Å². The van der Waals surface area contributed by atoms with Gasteiger partial charge in [-0.2, -0.15) is 5.10 Å². The van der Waals surface area contributed by atoms with Crippen molar-refractivity contribution in [1.82, 2.24) is 24.3 Å². The number of hydrogen-bond acceptors (Lipinski definition) is 5. The van der Waals surface area contributed by atoms with Crippen molar-refractivity contribution in [2.24, 2.45) is 0 Å². The van der Waals surface area contributed by atoms with E-state index in [0.717, 1.165) is 0 Å². The molecule has 150 valence electrons. The molecule has 0 saturated carbocycles. The molecule has 9 heteroatoms. The van der Waals surface area contributed by atoms with Crippen LogP contribution in [0.15, 0.2) is 36.8 Å². The molecule has 4 rings (SSSR count). The van der Waals surface area contributed by atoms with Gasteiger partial charge in [-0.1, -0.05) is 0 Å². The third-order valence-corrected chi connectivity index (χ3v) is 5.67. The Bertz CT molecular complexity index is 838. The normalized spacial score (nSPS) is 19.9. The zero-order valence-corrected chi connectivity index (χ0v) is 16.0. The molecule has 2 amide bonds. The molecular weight excluding hydrogens is 360 g/mol. The summed E-state index contributed by atoms with van der Waals surface area (Å²) in [5, 5.41) is 15.2. The first-order chi connectivity index (χ1) is 13.5. The quantitative estimate of drug-likeness (QED) is 0.787. The number of β-amino-alcohol motifs (C(OH)–C–C–N with tert-alkyl or cyclic N) is 1. The molecule has 0 aliphatic carbocycles. The minimum atomic E-state index is -0.976. The molecule has 9 nitrogen and oxygen atoms in total. The highest BCUT2D eigenvalue weighted by Crippen LogP contribution is 2.26. The van der Waals surface area contributed by atoms with Crippen LogP contribution < -0.4 is 5.43 Å². The summed E-state index contributed by atoms with van der Waals surface area (Å²) >= 11 is 0. The lowest BCUT2D eigenvalue weighted by Crippen LogP contribution is -2.56. The van der Waals surface area contributed by atoms with E-state index in [-0.39, 0.29) is 24.4 Å². The summed E-state index contributed by atoms with van der Waals surface area (Å²) in [4.78, 5) is 28.6. The first kappa shape index (κ1) is 18.5. The molecule has 28 heavy (non-hydrogen) atoms. The Balaban J connectivity index is 1.31. The molecule has 4 heterocycles. The number of piperidine rings is 1. The predicted molar refractivity (Wildman–Crippen MR) is 102 cm³/mol. The maximum absolute atomic E-state index is 12.6. The summed E-state index contributed by atoms with van der Waals surface area (Å²) in [5.74, 6) is -0.0256. The number of hydrogen-bond donors (Lipinski definition) is 2. The summed E-state index contributed by atoms with van der Waals surface area (Å²) in [6.45, 7) is 3.57. The van der Waals surface area contributed by atoms with Crippen molar-refractivity contribution < 1.29 is 14.7 Å². The van der Waals surface area contributed by atoms with Gasteiger partial charge in [0.1, 0.15) is 12.4 Å². The number of aliphatic hydroxyl groups is 1. The second-order valence-corrected chi connectivity index (χ2v) is 7.73. The molecule has 1 fully saturated rings. The third kappa shape index (κ3) is 3.62. The zero-order chi connectivity index (χ0) is 19.7. The van der Waals surface area contributed by atoms with Crippen LogP contribution in [0.2, 0.25) is 0 Å². The number of rotatable bonds is 5. The lowest BCUT2D eigenvalue weighted by molar-refractivity contribution is -0.136. The van der Waals surface area contributed by atoms with E-state index in [1.807, 2.05) is 25.3 Å². The molecule has 2 N–H and O–H groups in total. The molecule has 0 radical (unpaired) electrons. The second-order valence-electron chi connectivity index (χ2n) is 7.73. The third-order valence-electron chi connectivity index (χ3n) is 5.67. The highest BCUT2D eigenvalue weighted by Gasteiger charge is 2.38. The Morgan fingerprint density at radius 2 is 2.11 bits per heavy atom. The maximum Gasteiger partial charge on any atom is 0.273 e. The minimum Gasteiger partial charge on any atom is -0.388 e. The Morgan fingerprint density at radius 1 is 1.32 bits per heavy atom. The smallest absolute Gasteiger partial charge is 0.273 e. The Hall–Kier alpha value is -2.81. The second kappa shape index (κ2) is 7.31. The minimum absolute atomic E-state index is 0.00315. The van der Waals surface area contributed by atoms with E-state index < -0.39 is 5.60 Å². The molecule has 0 spiro atoms. The van der Waals surface area contributed by atoms with Crippen LogP contribution in [-0.4, -0.2) is 73.1 Å². The van der Waals surface area contributed by atoms with Gasteiger partial charge < -0.3 is 20.3 Å². The zero-order valence-electron chi connectivity index (χ0n) is 16.0. The van der Waals surface area contributed by atoms with E-state index >= 15 is 0 Å². The van der Waals surface area contributed by atoms with Gasteiger partial charge in [-0.3, -0.25) is 18.9 Å². The number of carbonyl (C=O) groups is 2. The van der Waals surface area contributed by atoms with Gasteiger partial charge in [0, 0.05) is 38.1 Å². The molecule has 2 aromatic rings. The summed E-state index contributed by atoms with van der Waals surface area (Å²) < 4.78 is 3.48. The highest BCUT2D eigenvalue weighted by molar-refractivity contribution is 5.93. The lowest BCUT2D eigenvalue weighted by Gasteiger charge is -2.42. The van der Waals surface area contributed by atoms with Gasteiger partial charge in [0.15, 0.2) is 0 Å². The van der Waals surface area contributed by atoms with Crippen LogP contribution in [0, 0.1) is 0 Å². The number of aromatic nitrogens is 3. The van der Waals surface area contributed by atoms with Crippen LogP contribution in [0.25, 0.3) is 0 Å². The molecule has 2 aliphatic heterocycles. The number of nitrogens with one attached hydrogen (secondary N) is 1. The van der Waals surface area contributed by atoms with Gasteiger partial charge in [0.25, 0.3) is 5.91 Å². The van der Waals surface area contributed by atoms with E-state index in [2.05, 4.69) is 10.5 Å². The molecule has 2 aliphatic rings. The van der Waals surface area contributed by atoms with Gasteiger partial charge >= 0.3 is 0 Å². The molecule has 1 atom stereocenters. The van der Waals surface area contributed by atoms with Crippen molar-refractivity contribution in [3.63, 3.8) is 0 Å². The first-order valence-electron chi connectivity index (χ1n) is 9.65. The fourth-order valence-corrected chi connectivity index (χ4v) is 3.92. The molecule has 0 aromatic carbocycles. The van der Waals surface area contributed by atoms with Gasteiger partial charge in [-0.05, 0) is 38.0 Å². The van der Waals surface area contributed by atoms with Gasteiger partial charge in [-0.25, -0.2) is 0 Å². The van der Waals surface area contributed by atoms with E-state index in [9.17, 15) is 14.7 Å². The van der Waals surface area contributed by atoms with Gasteiger partial charge in [0.05, 0.1) is 18.2 Å². The molecule has 1 saturated heterocycles. The average Bonchev–Trinajstić information content (AvgIpc) is 3.36. The molecule has 2 aromatic heterocycles. The molecule has 1 unspecified atom stereocenters. The standard InChI is InChI=1S/C19H26N6O3/c1-15(24-9-3-7-20-24)12-17(26)22-10-5-19(28,6-11-22)13-23-14-21-25-8-2-4-16(25)18(23)27/h2-4,7-9,15,21,28H,5-6,10-14H2,1H3. The van der Waals surface area contributed by atoms with Crippen molar-refractivity contribution in [2.45, 2.75) is 37.8 Å². The fourth-order valence-electron chi connectivity index (χ4n) is 3.92. The summed E-state index contributed by atoms with van der Waals surface area (Å²) in [6.07, 6.45) is 6.65. The number of likely N-dealkylation sites (tertiary alicyclic amines) is 1. The van der Waals surface area contributed by atoms with Crippen LogP contribution in [0.1, 0.15) is 42.7 Å². The first-order valence-corrected chi connectivity index (χ1v) is 9.65. The SMILES string of the molecule is CC(CC(=O)N1CCC(O)(CN2CNn3cccc3C2=O)CC1)n1cccn1. The van der Waals surface area contributed by atoms with Crippen LogP contribution >= 0.6 is 0 Å². The monoisotopic (exact) mass is 386 g/mol. The summed E-state index contributed by atoms with van der Waals surface area (Å²) in [7, 11) is 0.